The highest BCUT2D eigenvalue weighted by molar-refractivity contribution is 6.01. The molecule has 1 aromatic carbocycles. The van der Waals surface area contributed by atoms with E-state index in [-0.39, 0.29) is 11.9 Å². The SMILES string of the molecule is CCc1c(C(=O)N2CCC[C@H]2c2nc(CCOC)no2)[nH]c2ccccc12. The Kier molecular flexibility index (Phi) is 4.94. The molecule has 7 nitrogen and oxygen atoms in total. The monoisotopic (exact) mass is 368 g/mol. The number of amides is 1. The molecule has 1 N–H and O–H groups in total. The maximum atomic E-state index is 13.3. The van der Waals surface area contributed by atoms with Crippen LogP contribution in [0.2, 0.25) is 0 Å². The number of para-hydroxylation sites is 1. The van der Waals surface area contributed by atoms with Gasteiger partial charge in [0.1, 0.15) is 11.7 Å². The molecule has 27 heavy (non-hydrogen) atoms. The van der Waals surface area contributed by atoms with Gasteiger partial charge in [-0.05, 0) is 30.9 Å². The number of fused-ring (bicyclic) bond motifs is 1. The van der Waals surface area contributed by atoms with Gasteiger partial charge >= 0.3 is 0 Å². The van der Waals surface area contributed by atoms with Gasteiger partial charge in [-0.15, -0.1) is 0 Å². The Bertz CT molecular complexity index is 946. The second kappa shape index (κ2) is 7.52. The van der Waals surface area contributed by atoms with Crippen LogP contribution < -0.4 is 0 Å². The highest BCUT2D eigenvalue weighted by Crippen LogP contribution is 2.34. The summed E-state index contributed by atoms with van der Waals surface area (Å²) in [5.41, 5.74) is 2.73. The normalized spacial score (nSPS) is 17.1. The van der Waals surface area contributed by atoms with Crippen LogP contribution in [-0.4, -0.2) is 46.2 Å². The van der Waals surface area contributed by atoms with Gasteiger partial charge in [-0.1, -0.05) is 30.3 Å². The number of nitrogens with zero attached hydrogens (tertiary/aromatic N) is 3. The van der Waals surface area contributed by atoms with Gasteiger partial charge in [0.2, 0.25) is 5.89 Å². The van der Waals surface area contributed by atoms with Crippen LogP contribution in [0.3, 0.4) is 0 Å². The molecule has 2 aromatic heterocycles. The second-order valence-electron chi connectivity index (χ2n) is 6.83. The van der Waals surface area contributed by atoms with E-state index in [9.17, 15) is 4.79 Å². The zero-order valence-corrected chi connectivity index (χ0v) is 15.7. The number of carbonyl (C=O) groups excluding carboxylic acids is 1. The van der Waals surface area contributed by atoms with Crippen LogP contribution in [-0.2, 0) is 17.6 Å². The predicted molar refractivity (Wildman–Crippen MR) is 101 cm³/mol. The largest absolute Gasteiger partial charge is 0.384 e. The number of ether oxygens (including phenoxy) is 1. The van der Waals surface area contributed by atoms with Crippen molar-refractivity contribution in [2.24, 2.45) is 0 Å². The number of aryl methyl sites for hydroxylation is 1. The number of likely N-dealkylation sites (tertiary alicyclic amines) is 1. The summed E-state index contributed by atoms with van der Waals surface area (Å²) in [4.78, 5) is 23.0. The fourth-order valence-electron chi connectivity index (χ4n) is 3.86. The molecule has 1 atom stereocenters. The van der Waals surface area contributed by atoms with Gasteiger partial charge in [0.15, 0.2) is 5.82 Å². The van der Waals surface area contributed by atoms with E-state index in [4.69, 9.17) is 9.26 Å². The average molecular weight is 368 g/mol. The topological polar surface area (TPSA) is 84.2 Å². The second-order valence-corrected chi connectivity index (χ2v) is 6.83. The molecule has 3 aromatic rings. The number of aromatic nitrogens is 3. The quantitative estimate of drug-likeness (QED) is 0.722. The first kappa shape index (κ1) is 17.7. The summed E-state index contributed by atoms with van der Waals surface area (Å²) in [7, 11) is 1.64. The molecule has 0 spiro atoms. The van der Waals surface area contributed by atoms with Crippen molar-refractivity contribution < 1.29 is 14.1 Å². The lowest BCUT2D eigenvalue weighted by molar-refractivity contribution is 0.0704. The van der Waals surface area contributed by atoms with E-state index in [0.29, 0.717) is 37.0 Å². The lowest BCUT2D eigenvalue weighted by atomic mass is 10.1. The summed E-state index contributed by atoms with van der Waals surface area (Å²) >= 11 is 0. The fraction of sp³-hybridized carbons (Fsp3) is 0.450. The predicted octanol–water partition coefficient (Wildman–Crippen LogP) is 3.28. The van der Waals surface area contributed by atoms with E-state index in [2.05, 4.69) is 28.1 Å². The summed E-state index contributed by atoms with van der Waals surface area (Å²) in [6, 6.07) is 7.88. The van der Waals surface area contributed by atoms with E-state index in [1.807, 2.05) is 23.1 Å². The Morgan fingerprint density at radius 1 is 1.41 bits per heavy atom. The van der Waals surface area contributed by atoms with Crippen molar-refractivity contribution in [3.05, 3.63) is 47.2 Å². The minimum Gasteiger partial charge on any atom is -0.384 e. The van der Waals surface area contributed by atoms with Crippen LogP contribution in [0.5, 0.6) is 0 Å². The number of rotatable bonds is 6. The number of nitrogens with one attached hydrogen (secondary N) is 1. The van der Waals surface area contributed by atoms with Crippen molar-refractivity contribution in [2.45, 2.75) is 38.6 Å². The van der Waals surface area contributed by atoms with Crippen molar-refractivity contribution in [1.29, 1.82) is 0 Å². The van der Waals surface area contributed by atoms with Gasteiger partial charge in [-0.25, -0.2) is 0 Å². The molecule has 0 aliphatic carbocycles. The van der Waals surface area contributed by atoms with Crippen LogP contribution in [0.4, 0.5) is 0 Å². The van der Waals surface area contributed by atoms with Crippen molar-refractivity contribution in [3.63, 3.8) is 0 Å². The molecule has 1 saturated heterocycles. The first-order chi connectivity index (χ1) is 13.2. The van der Waals surface area contributed by atoms with E-state index in [0.717, 1.165) is 35.7 Å². The molecule has 0 radical (unpaired) electrons. The molecule has 1 fully saturated rings. The summed E-state index contributed by atoms with van der Waals surface area (Å²) in [5.74, 6) is 1.13. The molecule has 1 amide bonds. The van der Waals surface area contributed by atoms with Gasteiger partial charge in [0, 0.05) is 31.0 Å². The number of hydrogen-bond acceptors (Lipinski definition) is 5. The van der Waals surface area contributed by atoms with Gasteiger partial charge in [0.05, 0.1) is 6.61 Å². The zero-order valence-electron chi connectivity index (χ0n) is 15.7. The highest BCUT2D eigenvalue weighted by atomic mass is 16.5. The van der Waals surface area contributed by atoms with Gasteiger partial charge < -0.3 is 19.1 Å². The fourth-order valence-corrected chi connectivity index (χ4v) is 3.86. The molecule has 7 heteroatoms. The standard InChI is InChI=1S/C20H24N4O3/c1-3-13-14-7-4-5-8-15(14)21-18(13)20(25)24-11-6-9-16(24)19-22-17(23-27-19)10-12-26-2/h4-5,7-8,16,21H,3,6,9-12H2,1-2H3/t16-/m0/s1. The van der Waals surface area contributed by atoms with E-state index in [1.54, 1.807) is 7.11 Å². The molecule has 0 bridgehead atoms. The van der Waals surface area contributed by atoms with Crippen molar-refractivity contribution in [1.82, 2.24) is 20.0 Å². The maximum Gasteiger partial charge on any atom is 0.271 e. The smallest absolute Gasteiger partial charge is 0.271 e. The van der Waals surface area contributed by atoms with Crippen molar-refractivity contribution >= 4 is 16.8 Å². The van der Waals surface area contributed by atoms with Crippen LogP contribution in [0.25, 0.3) is 10.9 Å². The van der Waals surface area contributed by atoms with Crippen LogP contribution in [0.15, 0.2) is 28.8 Å². The van der Waals surface area contributed by atoms with Crippen LogP contribution >= 0.6 is 0 Å². The van der Waals surface area contributed by atoms with Gasteiger partial charge in [0.25, 0.3) is 5.91 Å². The Labute approximate surface area is 157 Å². The molecule has 142 valence electrons. The summed E-state index contributed by atoms with van der Waals surface area (Å²) in [6.45, 7) is 3.31. The number of benzene rings is 1. The number of methoxy groups -OCH3 is 1. The molecule has 4 rings (SSSR count). The summed E-state index contributed by atoms with van der Waals surface area (Å²) in [6.07, 6.45) is 3.15. The molecule has 1 aliphatic rings. The molecular weight excluding hydrogens is 344 g/mol. The molecule has 3 heterocycles. The van der Waals surface area contributed by atoms with E-state index < -0.39 is 0 Å². The summed E-state index contributed by atoms with van der Waals surface area (Å²) < 4.78 is 10.5. The van der Waals surface area contributed by atoms with Gasteiger partial charge in [-0.2, -0.15) is 4.98 Å². The Morgan fingerprint density at radius 3 is 3.07 bits per heavy atom. The molecular formula is C20H24N4O3. The number of hydrogen-bond donors (Lipinski definition) is 1. The minimum absolute atomic E-state index is 0.00203. The van der Waals surface area contributed by atoms with E-state index >= 15 is 0 Å². The lowest BCUT2D eigenvalue weighted by Crippen LogP contribution is -2.31. The minimum atomic E-state index is -0.169. The number of carbonyl (C=O) groups is 1. The third kappa shape index (κ3) is 3.23. The summed E-state index contributed by atoms with van der Waals surface area (Å²) in [5, 5.41) is 5.13. The third-order valence-corrected chi connectivity index (χ3v) is 5.19. The first-order valence-electron chi connectivity index (χ1n) is 9.45. The Morgan fingerprint density at radius 2 is 2.26 bits per heavy atom. The maximum absolute atomic E-state index is 13.3. The Hall–Kier alpha value is -2.67. The molecule has 1 aliphatic heterocycles. The van der Waals surface area contributed by atoms with Crippen molar-refractivity contribution in [3.8, 4) is 0 Å². The Balaban J connectivity index is 1.62. The first-order valence-corrected chi connectivity index (χ1v) is 9.45. The van der Waals surface area contributed by atoms with Gasteiger partial charge in [-0.3, -0.25) is 4.79 Å². The number of H-pyrrole nitrogens is 1. The zero-order chi connectivity index (χ0) is 18.8. The number of aromatic amines is 1. The lowest BCUT2D eigenvalue weighted by Gasteiger charge is -2.21. The average Bonchev–Trinajstić information content (AvgIpc) is 3.42. The molecule has 0 saturated carbocycles. The van der Waals surface area contributed by atoms with Crippen LogP contribution in [0, 0.1) is 0 Å². The molecule has 0 unspecified atom stereocenters. The van der Waals surface area contributed by atoms with E-state index in [1.165, 1.54) is 0 Å². The third-order valence-electron chi connectivity index (χ3n) is 5.19. The highest BCUT2D eigenvalue weighted by Gasteiger charge is 2.36. The van der Waals surface area contributed by atoms with Crippen molar-refractivity contribution in [2.75, 3.05) is 20.3 Å². The van der Waals surface area contributed by atoms with Crippen LogP contribution in [0.1, 0.15) is 53.6 Å².